The number of ether oxygens (including phenoxy) is 2. The summed E-state index contributed by atoms with van der Waals surface area (Å²) in [4.78, 5) is 24.9. The predicted molar refractivity (Wildman–Crippen MR) is 115 cm³/mol. The molecule has 0 radical (unpaired) electrons. The number of carbonyl (C=O) groups is 2. The van der Waals surface area contributed by atoms with E-state index in [-0.39, 0.29) is 40.5 Å². The molecule has 2 aliphatic rings. The first kappa shape index (κ1) is 24.0. The summed E-state index contributed by atoms with van der Waals surface area (Å²) < 4.78 is 37.6. The Morgan fingerprint density at radius 2 is 1.90 bits per heavy atom. The molecule has 0 bridgehead atoms. The molecule has 0 aromatic heterocycles. The zero-order valence-corrected chi connectivity index (χ0v) is 19.4. The second kappa shape index (κ2) is 10.3. The van der Waals surface area contributed by atoms with Crippen molar-refractivity contribution in [2.75, 3.05) is 26.3 Å². The quantitative estimate of drug-likeness (QED) is 0.638. The number of hydrogen-bond donors (Lipinski definition) is 1. The Labute approximate surface area is 188 Å². The van der Waals surface area contributed by atoms with Crippen molar-refractivity contribution in [2.24, 2.45) is 5.92 Å². The predicted octanol–water partition coefficient (Wildman–Crippen LogP) is 2.60. The number of amides is 1. The number of morpholine rings is 1. The molecule has 10 heteroatoms. The molecule has 172 valence electrons. The van der Waals surface area contributed by atoms with Crippen LogP contribution in [0.3, 0.4) is 0 Å². The Bertz CT molecular complexity index is 916. The van der Waals surface area contributed by atoms with Crippen LogP contribution in [-0.4, -0.2) is 63.0 Å². The zero-order valence-electron chi connectivity index (χ0n) is 17.8. The molecular weight excluding hydrogens is 444 g/mol. The maximum atomic E-state index is 12.9. The molecule has 0 spiro atoms. The van der Waals surface area contributed by atoms with Crippen LogP contribution in [0.15, 0.2) is 23.1 Å². The zero-order chi connectivity index (χ0) is 22.6. The van der Waals surface area contributed by atoms with E-state index in [1.165, 1.54) is 29.4 Å². The first-order valence-electron chi connectivity index (χ1n) is 10.6. The van der Waals surface area contributed by atoms with E-state index in [9.17, 15) is 18.0 Å². The molecular formula is C21H29ClN2O6S. The van der Waals surface area contributed by atoms with Crippen LogP contribution in [0.1, 0.15) is 49.9 Å². The van der Waals surface area contributed by atoms with Crippen LogP contribution in [0.4, 0.5) is 0 Å². The fourth-order valence-electron chi connectivity index (χ4n) is 3.87. The van der Waals surface area contributed by atoms with Crippen LogP contribution in [0.5, 0.6) is 0 Å². The number of halogens is 1. The molecule has 1 aromatic carbocycles. The number of sulfonamides is 1. The molecule has 3 atom stereocenters. The Morgan fingerprint density at radius 3 is 2.58 bits per heavy atom. The van der Waals surface area contributed by atoms with E-state index >= 15 is 0 Å². The summed E-state index contributed by atoms with van der Waals surface area (Å²) in [5.41, 5.74) is 0.0157. The van der Waals surface area contributed by atoms with Crippen LogP contribution >= 0.6 is 11.6 Å². The number of esters is 1. The van der Waals surface area contributed by atoms with Crippen LogP contribution in [0.25, 0.3) is 0 Å². The van der Waals surface area contributed by atoms with Gasteiger partial charge in [0.15, 0.2) is 6.10 Å². The van der Waals surface area contributed by atoms with E-state index in [4.69, 9.17) is 21.1 Å². The monoisotopic (exact) mass is 472 g/mol. The maximum Gasteiger partial charge on any atom is 0.338 e. The van der Waals surface area contributed by atoms with Gasteiger partial charge in [-0.1, -0.05) is 31.4 Å². The van der Waals surface area contributed by atoms with Crippen LogP contribution in [0.2, 0.25) is 5.02 Å². The van der Waals surface area contributed by atoms with Gasteiger partial charge >= 0.3 is 5.97 Å². The summed E-state index contributed by atoms with van der Waals surface area (Å²) in [5, 5.41) is 2.98. The van der Waals surface area contributed by atoms with E-state index in [0.717, 1.165) is 25.7 Å². The first-order chi connectivity index (χ1) is 14.7. The first-order valence-corrected chi connectivity index (χ1v) is 12.4. The van der Waals surface area contributed by atoms with Crippen molar-refractivity contribution in [3.63, 3.8) is 0 Å². The summed E-state index contributed by atoms with van der Waals surface area (Å²) in [7, 11) is -3.88. The van der Waals surface area contributed by atoms with Crippen molar-refractivity contribution in [1.82, 2.24) is 9.62 Å². The highest BCUT2D eigenvalue weighted by atomic mass is 35.5. The normalized spacial score (nSPS) is 23.7. The SMILES string of the molecule is C[C@H](OC(=O)c1ccc(Cl)c(S(=O)(=O)N2CCOCC2)c1)C(=O)N[C@H]1CCCC[C@H]1C. The van der Waals surface area contributed by atoms with E-state index in [0.29, 0.717) is 19.1 Å². The molecule has 1 saturated carbocycles. The topological polar surface area (TPSA) is 102 Å². The summed E-state index contributed by atoms with van der Waals surface area (Å²) in [5.74, 6) is -0.763. The molecule has 1 amide bonds. The molecule has 2 fully saturated rings. The smallest absolute Gasteiger partial charge is 0.338 e. The molecule has 1 saturated heterocycles. The molecule has 31 heavy (non-hydrogen) atoms. The van der Waals surface area contributed by atoms with E-state index in [2.05, 4.69) is 12.2 Å². The Morgan fingerprint density at radius 1 is 1.23 bits per heavy atom. The molecule has 1 N–H and O–H groups in total. The molecule has 8 nitrogen and oxygen atoms in total. The third-order valence-corrected chi connectivity index (χ3v) is 8.23. The Balaban J connectivity index is 1.68. The van der Waals surface area contributed by atoms with Gasteiger partial charge in [0.1, 0.15) is 4.90 Å². The molecule has 0 unspecified atom stereocenters. The summed E-state index contributed by atoms with van der Waals surface area (Å²) >= 11 is 6.13. The Kier molecular flexibility index (Phi) is 7.96. The van der Waals surface area contributed by atoms with Gasteiger partial charge in [-0.05, 0) is 43.9 Å². The summed E-state index contributed by atoms with van der Waals surface area (Å²) in [6.45, 7) is 4.62. The van der Waals surface area contributed by atoms with Gasteiger partial charge < -0.3 is 14.8 Å². The average Bonchev–Trinajstić information content (AvgIpc) is 2.76. The van der Waals surface area contributed by atoms with Gasteiger partial charge in [0.2, 0.25) is 10.0 Å². The fourth-order valence-corrected chi connectivity index (χ4v) is 5.78. The van der Waals surface area contributed by atoms with Crippen molar-refractivity contribution in [1.29, 1.82) is 0 Å². The third kappa shape index (κ3) is 5.77. The van der Waals surface area contributed by atoms with Gasteiger partial charge in [-0.3, -0.25) is 4.79 Å². The number of benzene rings is 1. The van der Waals surface area contributed by atoms with Crippen LogP contribution in [-0.2, 0) is 24.3 Å². The second-order valence-electron chi connectivity index (χ2n) is 8.09. The summed E-state index contributed by atoms with van der Waals surface area (Å²) in [6.07, 6.45) is 3.19. The van der Waals surface area contributed by atoms with Gasteiger partial charge in [0, 0.05) is 19.1 Å². The summed E-state index contributed by atoms with van der Waals surface area (Å²) in [6, 6.07) is 4.00. The molecule has 1 aliphatic carbocycles. The van der Waals surface area contributed by atoms with Gasteiger partial charge in [-0.15, -0.1) is 0 Å². The van der Waals surface area contributed by atoms with E-state index in [1.54, 1.807) is 0 Å². The lowest BCUT2D eigenvalue weighted by Crippen LogP contribution is -2.46. The lowest BCUT2D eigenvalue weighted by atomic mass is 9.86. The highest BCUT2D eigenvalue weighted by Crippen LogP contribution is 2.27. The second-order valence-corrected chi connectivity index (χ2v) is 10.4. The van der Waals surface area contributed by atoms with Gasteiger partial charge in [0.25, 0.3) is 5.91 Å². The van der Waals surface area contributed by atoms with Crippen molar-refractivity contribution in [3.05, 3.63) is 28.8 Å². The largest absolute Gasteiger partial charge is 0.449 e. The standard InChI is InChI=1S/C21H29ClN2O6S/c1-14-5-3-4-6-18(14)23-20(25)15(2)30-21(26)16-7-8-17(22)19(13-16)31(27,28)24-9-11-29-12-10-24/h7-8,13-15,18H,3-6,9-12H2,1-2H3,(H,23,25)/t14-,15+,18+/m1/s1. The van der Waals surface area contributed by atoms with Crippen molar-refractivity contribution in [2.45, 2.75) is 56.6 Å². The molecule has 1 aliphatic heterocycles. The molecule has 3 rings (SSSR count). The number of hydrogen-bond acceptors (Lipinski definition) is 6. The van der Waals surface area contributed by atoms with Crippen LogP contribution in [0, 0.1) is 5.92 Å². The number of nitrogens with one attached hydrogen (secondary N) is 1. The van der Waals surface area contributed by atoms with Crippen molar-refractivity contribution < 1.29 is 27.5 Å². The Hall–Kier alpha value is -1.68. The number of nitrogens with zero attached hydrogens (tertiary/aromatic N) is 1. The lowest BCUT2D eigenvalue weighted by molar-refractivity contribution is -0.130. The average molecular weight is 473 g/mol. The lowest BCUT2D eigenvalue weighted by Gasteiger charge is -2.30. The van der Waals surface area contributed by atoms with Gasteiger partial charge in [-0.25, -0.2) is 13.2 Å². The minimum Gasteiger partial charge on any atom is -0.449 e. The van der Waals surface area contributed by atoms with Crippen molar-refractivity contribution >= 4 is 33.5 Å². The third-order valence-electron chi connectivity index (χ3n) is 5.85. The van der Waals surface area contributed by atoms with Gasteiger partial charge in [-0.2, -0.15) is 4.31 Å². The van der Waals surface area contributed by atoms with Crippen molar-refractivity contribution in [3.8, 4) is 0 Å². The minimum absolute atomic E-state index is 0.0140. The minimum atomic E-state index is -3.88. The highest BCUT2D eigenvalue weighted by Gasteiger charge is 2.30. The number of carbonyl (C=O) groups excluding carboxylic acids is 2. The highest BCUT2D eigenvalue weighted by molar-refractivity contribution is 7.89. The fraction of sp³-hybridized carbons (Fsp3) is 0.619. The number of rotatable bonds is 6. The molecule has 1 aromatic rings. The molecule has 1 heterocycles. The van der Waals surface area contributed by atoms with E-state index < -0.39 is 22.1 Å². The van der Waals surface area contributed by atoms with Gasteiger partial charge in [0.05, 0.1) is 23.8 Å². The maximum absolute atomic E-state index is 12.9. The van der Waals surface area contributed by atoms with E-state index in [1.807, 2.05) is 0 Å². The van der Waals surface area contributed by atoms with Crippen LogP contribution < -0.4 is 5.32 Å².